The highest BCUT2D eigenvalue weighted by Crippen LogP contribution is 2.20. The summed E-state index contributed by atoms with van der Waals surface area (Å²) in [6, 6.07) is 9.12. The summed E-state index contributed by atoms with van der Waals surface area (Å²) in [5.41, 5.74) is 0.627. The zero-order valence-corrected chi connectivity index (χ0v) is 9.79. The van der Waals surface area contributed by atoms with Gasteiger partial charge in [0.2, 0.25) is 0 Å². The van der Waals surface area contributed by atoms with Crippen molar-refractivity contribution >= 4 is 0 Å². The standard InChI is InChI=1S/C13H13N3O/c1-10(13-15-7-8-16(13)2)17-12-5-3-11(9-14)4-6-12/h3-8,10H,1-2H3. The second-order valence-corrected chi connectivity index (χ2v) is 3.79. The summed E-state index contributed by atoms with van der Waals surface area (Å²) in [6.45, 7) is 1.94. The molecule has 0 spiro atoms. The van der Waals surface area contributed by atoms with Crippen LogP contribution in [0.2, 0.25) is 0 Å². The Hall–Kier alpha value is -2.28. The van der Waals surface area contributed by atoms with Gasteiger partial charge in [0.1, 0.15) is 11.6 Å². The molecule has 1 aromatic carbocycles. The first kappa shape index (κ1) is 11.2. The van der Waals surface area contributed by atoms with Crippen molar-refractivity contribution in [1.29, 1.82) is 5.26 Å². The number of aryl methyl sites for hydroxylation is 1. The lowest BCUT2D eigenvalue weighted by molar-refractivity contribution is 0.213. The van der Waals surface area contributed by atoms with E-state index < -0.39 is 0 Å². The Morgan fingerprint density at radius 2 is 2.06 bits per heavy atom. The maximum atomic E-state index is 8.69. The molecule has 0 bridgehead atoms. The van der Waals surface area contributed by atoms with Crippen LogP contribution in [0.4, 0.5) is 0 Å². The van der Waals surface area contributed by atoms with Gasteiger partial charge in [-0.2, -0.15) is 5.26 Å². The molecule has 0 aliphatic heterocycles. The number of hydrogen-bond acceptors (Lipinski definition) is 3. The molecule has 0 radical (unpaired) electrons. The number of ether oxygens (including phenoxy) is 1. The van der Waals surface area contributed by atoms with Crippen molar-refractivity contribution in [2.24, 2.45) is 7.05 Å². The summed E-state index contributed by atoms with van der Waals surface area (Å²) in [5.74, 6) is 1.61. The number of hydrogen-bond donors (Lipinski definition) is 0. The summed E-state index contributed by atoms with van der Waals surface area (Å²) in [6.07, 6.45) is 3.50. The number of rotatable bonds is 3. The first-order chi connectivity index (χ1) is 8.20. The third-order valence-electron chi connectivity index (χ3n) is 2.52. The van der Waals surface area contributed by atoms with Crippen molar-refractivity contribution in [3.05, 3.63) is 48.0 Å². The minimum Gasteiger partial charge on any atom is -0.483 e. The van der Waals surface area contributed by atoms with E-state index in [-0.39, 0.29) is 6.10 Å². The van der Waals surface area contributed by atoms with Crippen LogP contribution in [0.1, 0.15) is 24.4 Å². The summed E-state index contributed by atoms with van der Waals surface area (Å²) in [4.78, 5) is 4.23. The lowest BCUT2D eigenvalue weighted by Crippen LogP contribution is -2.09. The molecule has 0 amide bonds. The van der Waals surface area contributed by atoms with E-state index in [2.05, 4.69) is 11.1 Å². The van der Waals surface area contributed by atoms with Crippen LogP contribution in [0.25, 0.3) is 0 Å². The van der Waals surface area contributed by atoms with Crippen LogP contribution >= 0.6 is 0 Å². The molecule has 86 valence electrons. The highest BCUT2D eigenvalue weighted by Gasteiger charge is 2.11. The minimum atomic E-state index is -0.122. The second kappa shape index (κ2) is 4.71. The van der Waals surface area contributed by atoms with E-state index in [0.29, 0.717) is 5.56 Å². The Morgan fingerprint density at radius 3 is 2.59 bits per heavy atom. The highest BCUT2D eigenvalue weighted by atomic mass is 16.5. The van der Waals surface area contributed by atoms with Gasteiger partial charge in [0.25, 0.3) is 0 Å². The average molecular weight is 227 g/mol. The number of imidazole rings is 1. The maximum absolute atomic E-state index is 8.69. The lowest BCUT2D eigenvalue weighted by atomic mass is 10.2. The quantitative estimate of drug-likeness (QED) is 0.809. The number of nitrogens with zero attached hydrogens (tertiary/aromatic N) is 3. The Morgan fingerprint density at radius 1 is 1.35 bits per heavy atom. The first-order valence-electron chi connectivity index (χ1n) is 5.34. The minimum absolute atomic E-state index is 0.122. The van der Waals surface area contributed by atoms with Gasteiger partial charge in [0.15, 0.2) is 6.10 Å². The van der Waals surface area contributed by atoms with E-state index in [1.54, 1.807) is 30.5 Å². The predicted octanol–water partition coefficient (Wildman–Crippen LogP) is 2.43. The van der Waals surface area contributed by atoms with E-state index in [1.807, 2.05) is 24.7 Å². The van der Waals surface area contributed by atoms with Gasteiger partial charge in [-0.05, 0) is 31.2 Å². The van der Waals surface area contributed by atoms with Crippen LogP contribution < -0.4 is 4.74 Å². The Kier molecular flexibility index (Phi) is 3.10. The fraction of sp³-hybridized carbons (Fsp3) is 0.231. The van der Waals surface area contributed by atoms with Gasteiger partial charge in [-0.15, -0.1) is 0 Å². The third kappa shape index (κ3) is 2.45. The number of nitriles is 1. The Balaban J connectivity index is 2.11. The molecule has 1 unspecified atom stereocenters. The molecule has 4 nitrogen and oxygen atoms in total. The molecule has 4 heteroatoms. The molecule has 2 aromatic rings. The predicted molar refractivity (Wildman–Crippen MR) is 63.4 cm³/mol. The van der Waals surface area contributed by atoms with Gasteiger partial charge in [-0.25, -0.2) is 4.98 Å². The largest absolute Gasteiger partial charge is 0.483 e. The fourth-order valence-corrected chi connectivity index (χ4v) is 1.63. The van der Waals surface area contributed by atoms with Crippen LogP contribution in [0.15, 0.2) is 36.7 Å². The number of benzene rings is 1. The molecule has 0 saturated carbocycles. The maximum Gasteiger partial charge on any atom is 0.153 e. The fourth-order valence-electron chi connectivity index (χ4n) is 1.63. The molecular weight excluding hydrogens is 214 g/mol. The Labute approximate surface area is 100 Å². The summed E-state index contributed by atoms with van der Waals surface area (Å²) < 4.78 is 7.67. The van der Waals surface area contributed by atoms with Crippen molar-refractivity contribution in [3.63, 3.8) is 0 Å². The molecular formula is C13H13N3O. The van der Waals surface area contributed by atoms with Crippen molar-refractivity contribution in [1.82, 2.24) is 9.55 Å². The lowest BCUT2D eigenvalue weighted by Gasteiger charge is -2.14. The van der Waals surface area contributed by atoms with Crippen molar-refractivity contribution in [2.45, 2.75) is 13.0 Å². The van der Waals surface area contributed by atoms with Crippen molar-refractivity contribution in [3.8, 4) is 11.8 Å². The van der Waals surface area contributed by atoms with Gasteiger partial charge in [-0.1, -0.05) is 0 Å². The van der Waals surface area contributed by atoms with Crippen LogP contribution in [0, 0.1) is 11.3 Å². The van der Waals surface area contributed by atoms with Crippen LogP contribution in [0.5, 0.6) is 5.75 Å². The van der Waals surface area contributed by atoms with Crippen molar-refractivity contribution in [2.75, 3.05) is 0 Å². The average Bonchev–Trinajstić information content (AvgIpc) is 2.76. The van der Waals surface area contributed by atoms with Crippen LogP contribution in [-0.2, 0) is 7.05 Å². The molecule has 0 aliphatic rings. The SMILES string of the molecule is CC(Oc1ccc(C#N)cc1)c1nccn1C. The molecule has 1 atom stereocenters. The summed E-state index contributed by atoms with van der Waals surface area (Å²) >= 11 is 0. The third-order valence-corrected chi connectivity index (χ3v) is 2.52. The highest BCUT2D eigenvalue weighted by molar-refractivity contribution is 5.34. The van der Waals surface area contributed by atoms with E-state index in [4.69, 9.17) is 10.00 Å². The van der Waals surface area contributed by atoms with Gasteiger partial charge in [-0.3, -0.25) is 0 Å². The normalized spacial score (nSPS) is 11.8. The van der Waals surface area contributed by atoms with Gasteiger partial charge >= 0.3 is 0 Å². The van der Waals surface area contributed by atoms with Gasteiger partial charge in [0.05, 0.1) is 11.6 Å². The molecule has 0 saturated heterocycles. The monoisotopic (exact) mass is 227 g/mol. The van der Waals surface area contributed by atoms with E-state index in [0.717, 1.165) is 11.6 Å². The second-order valence-electron chi connectivity index (χ2n) is 3.79. The summed E-state index contributed by atoms with van der Waals surface area (Å²) in [7, 11) is 1.93. The van der Waals surface area contributed by atoms with Crippen LogP contribution in [0.3, 0.4) is 0 Å². The molecule has 0 fully saturated rings. The molecule has 1 heterocycles. The van der Waals surface area contributed by atoms with Gasteiger partial charge in [0, 0.05) is 19.4 Å². The van der Waals surface area contributed by atoms with E-state index in [1.165, 1.54) is 0 Å². The Bertz CT molecular complexity index is 537. The molecule has 0 aliphatic carbocycles. The zero-order valence-electron chi connectivity index (χ0n) is 9.79. The zero-order chi connectivity index (χ0) is 12.3. The van der Waals surface area contributed by atoms with Crippen LogP contribution in [-0.4, -0.2) is 9.55 Å². The van der Waals surface area contributed by atoms with Gasteiger partial charge < -0.3 is 9.30 Å². The number of aromatic nitrogens is 2. The molecule has 2 rings (SSSR count). The summed E-state index contributed by atoms with van der Waals surface area (Å²) in [5, 5.41) is 8.69. The smallest absolute Gasteiger partial charge is 0.153 e. The first-order valence-corrected chi connectivity index (χ1v) is 5.34. The van der Waals surface area contributed by atoms with E-state index >= 15 is 0 Å². The topological polar surface area (TPSA) is 50.8 Å². The molecule has 1 aromatic heterocycles. The van der Waals surface area contributed by atoms with Crippen molar-refractivity contribution < 1.29 is 4.74 Å². The molecule has 17 heavy (non-hydrogen) atoms. The van der Waals surface area contributed by atoms with E-state index in [9.17, 15) is 0 Å². The molecule has 0 N–H and O–H groups in total.